The summed E-state index contributed by atoms with van der Waals surface area (Å²) in [4.78, 5) is 48.2. The highest BCUT2D eigenvalue weighted by Crippen LogP contribution is 2.29. The largest absolute Gasteiger partial charge is 0.388 e. The first-order valence-electron chi connectivity index (χ1n) is 8.19. The molecule has 1 N–H and O–H groups in total. The fourth-order valence-electron chi connectivity index (χ4n) is 3.08. The SMILES string of the molecule is CC(=O)C(CN1C(=O)c2ccccc2C1=O)C(O)c1ccc([N+](=O)[O-])cc1. The predicted octanol–water partition coefficient (Wildman–Crippen LogP) is 2.13. The minimum absolute atomic E-state index is 0.148. The second-order valence-electron chi connectivity index (χ2n) is 6.28. The Bertz CT molecular complexity index is 902. The van der Waals surface area contributed by atoms with Crippen molar-refractivity contribution in [2.24, 2.45) is 5.92 Å². The average Bonchev–Trinajstić information content (AvgIpc) is 2.90. The molecule has 2 atom stereocenters. The molecule has 2 amide bonds. The molecule has 0 fully saturated rings. The Hall–Kier alpha value is -3.39. The van der Waals surface area contributed by atoms with Gasteiger partial charge in [0.15, 0.2) is 0 Å². The summed E-state index contributed by atoms with van der Waals surface area (Å²) < 4.78 is 0. The highest BCUT2D eigenvalue weighted by atomic mass is 16.6. The predicted molar refractivity (Wildman–Crippen MR) is 94.0 cm³/mol. The lowest BCUT2D eigenvalue weighted by Crippen LogP contribution is -2.39. The van der Waals surface area contributed by atoms with E-state index in [1.165, 1.54) is 43.3 Å². The third kappa shape index (κ3) is 3.34. The van der Waals surface area contributed by atoms with Crippen LogP contribution >= 0.6 is 0 Å². The number of hydrogen-bond donors (Lipinski definition) is 1. The van der Waals surface area contributed by atoms with Gasteiger partial charge in [-0.2, -0.15) is 0 Å². The molecule has 0 saturated heterocycles. The first-order valence-corrected chi connectivity index (χ1v) is 8.19. The summed E-state index contributed by atoms with van der Waals surface area (Å²) >= 11 is 0. The maximum absolute atomic E-state index is 12.5. The molecule has 0 aromatic heterocycles. The Morgan fingerprint density at radius 3 is 2.04 bits per heavy atom. The van der Waals surface area contributed by atoms with E-state index in [0.29, 0.717) is 0 Å². The number of nitrogens with zero attached hydrogens (tertiary/aromatic N) is 2. The lowest BCUT2D eigenvalue weighted by atomic mass is 9.92. The number of fused-ring (bicyclic) bond motifs is 1. The third-order valence-electron chi connectivity index (χ3n) is 4.61. The number of benzene rings is 2. The molecule has 0 bridgehead atoms. The van der Waals surface area contributed by atoms with Crippen molar-refractivity contribution in [1.82, 2.24) is 4.90 Å². The number of nitro groups is 1. The van der Waals surface area contributed by atoms with E-state index in [1.807, 2.05) is 0 Å². The van der Waals surface area contributed by atoms with Crippen molar-refractivity contribution in [3.63, 3.8) is 0 Å². The molecule has 8 nitrogen and oxygen atoms in total. The zero-order valence-corrected chi connectivity index (χ0v) is 14.4. The number of nitro benzene ring substituents is 1. The summed E-state index contributed by atoms with van der Waals surface area (Å²) in [6, 6.07) is 11.5. The van der Waals surface area contributed by atoms with Gasteiger partial charge in [0.25, 0.3) is 17.5 Å². The van der Waals surface area contributed by atoms with Crippen LogP contribution in [0.4, 0.5) is 5.69 Å². The van der Waals surface area contributed by atoms with Gasteiger partial charge in [-0.25, -0.2) is 0 Å². The van der Waals surface area contributed by atoms with Crippen molar-refractivity contribution in [3.05, 3.63) is 75.3 Å². The van der Waals surface area contributed by atoms with Crippen molar-refractivity contribution in [3.8, 4) is 0 Å². The van der Waals surface area contributed by atoms with Crippen molar-refractivity contribution in [2.75, 3.05) is 6.54 Å². The van der Waals surface area contributed by atoms with E-state index in [-0.39, 0.29) is 28.9 Å². The van der Waals surface area contributed by atoms with Crippen molar-refractivity contribution < 1.29 is 24.4 Å². The van der Waals surface area contributed by atoms with Gasteiger partial charge in [0.05, 0.1) is 28.1 Å². The quantitative estimate of drug-likeness (QED) is 0.474. The molecule has 0 saturated carbocycles. The Kier molecular flexibility index (Phi) is 4.83. The van der Waals surface area contributed by atoms with Crippen LogP contribution in [-0.2, 0) is 4.79 Å². The summed E-state index contributed by atoms with van der Waals surface area (Å²) in [7, 11) is 0. The molecule has 0 aliphatic carbocycles. The molecule has 1 heterocycles. The number of imide groups is 1. The molecule has 8 heteroatoms. The molecule has 1 aliphatic heterocycles. The van der Waals surface area contributed by atoms with Crippen LogP contribution in [0.1, 0.15) is 39.3 Å². The molecule has 2 aromatic carbocycles. The fourth-order valence-corrected chi connectivity index (χ4v) is 3.08. The van der Waals surface area contributed by atoms with E-state index >= 15 is 0 Å². The molecule has 2 unspecified atom stereocenters. The van der Waals surface area contributed by atoms with Crippen LogP contribution in [0.2, 0.25) is 0 Å². The number of non-ortho nitro benzene ring substituents is 1. The number of amides is 2. The monoisotopic (exact) mass is 368 g/mol. The van der Waals surface area contributed by atoms with Crippen molar-refractivity contribution >= 4 is 23.3 Å². The van der Waals surface area contributed by atoms with E-state index in [9.17, 15) is 29.6 Å². The van der Waals surface area contributed by atoms with Gasteiger partial charge in [0, 0.05) is 18.7 Å². The Balaban J connectivity index is 1.84. The van der Waals surface area contributed by atoms with Crippen LogP contribution in [0.15, 0.2) is 48.5 Å². The number of aliphatic hydroxyl groups excluding tert-OH is 1. The lowest BCUT2D eigenvalue weighted by molar-refractivity contribution is -0.384. The smallest absolute Gasteiger partial charge is 0.269 e. The molecule has 27 heavy (non-hydrogen) atoms. The third-order valence-corrected chi connectivity index (χ3v) is 4.61. The van der Waals surface area contributed by atoms with Gasteiger partial charge in [-0.15, -0.1) is 0 Å². The molecule has 3 rings (SSSR count). The van der Waals surface area contributed by atoms with Crippen LogP contribution in [0.5, 0.6) is 0 Å². The van der Waals surface area contributed by atoms with Crippen LogP contribution in [0.25, 0.3) is 0 Å². The van der Waals surface area contributed by atoms with Gasteiger partial charge in [-0.3, -0.25) is 29.4 Å². The number of carbonyl (C=O) groups excluding carboxylic acids is 3. The average molecular weight is 368 g/mol. The van der Waals surface area contributed by atoms with Crippen LogP contribution in [-0.4, -0.2) is 39.1 Å². The number of rotatable bonds is 6. The maximum Gasteiger partial charge on any atom is 0.269 e. The number of carbonyl (C=O) groups is 3. The van der Waals surface area contributed by atoms with Crippen molar-refractivity contribution in [2.45, 2.75) is 13.0 Å². The van der Waals surface area contributed by atoms with E-state index in [0.717, 1.165) is 4.90 Å². The highest BCUT2D eigenvalue weighted by Gasteiger charge is 2.39. The van der Waals surface area contributed by atoms with Crippen molar-refractivity contribution in [1.29, 1.82) is 0 Å². The van der Waals surface area contributed by atoms with Crippen LogP contribution < -0.4 is 0 Å². The normalized spacial score (nSPS) is 15.4. The second-order valence-corrected chi connectivity index (χ2v) is 6.28. The Morgan fingerprint density at radius 1 is 1.07 bits per heavy atom. The van der Waals surface area contributed by atoms with E-state index in [4.69, 9.17) is 0 Å². The zero-order chi connectivity index (χ0) is 19.7. The minimum atomic E-state index is -1.31. The van der Waals surface area contributed by atoms with Crippen LogP contribution in [0, 0.1) is 16.0 Å². The van der Waals surface area contributed by atoms with Crippen LogP contribution in [0.3, 0.4) is 0 Å². The molecular formula is C19H16N2O6. The summed E-state index contributed by atoms with van der Waals surface area (Å²) in [5.74, 6) is -2.48. The number of hydrogen-bond acceptors (Lipinski definition) is 6. The van der Waals surface area contributed by atoms with Gasteiger partial charge < -0.3 is 5.11 Å². The topological polar surface area (TPSA) is 118 Å². The molecule has 0 radical (unpaired) electrons. The lowest BCUT2D eigenvalue weighted by Gasteiger charge is -2.25. The standard InChI is InChI=1S/C19H16N2O6/c1-11(22)16(17(23)12-6-8-13(9-7-12)21(26)27)10-20-18(24)14-4-2-3-5-15(14)19(20)25/h2-9,16-17,23H,10H2,1H3. The van der Waals surface area contributed by atoms with E-state index in [2.05, 4.69) is 0 Å². The summed E-state index contributed by atoms with van der Waals surface area (Å²) in [6.07, 6.45) is -1.31. The number of Topliss-reactive ketones (excluding diaryl/α,β-unsaturated/α-hetero) is 1. The van der Waals surface area contributed by atoms with Gasteiger partial charge in [-0.1, -0.05) is 12.1 Å². The molecule has 138 valence electrons. The molecule has 1 aliphatic rings. The Morgan fingerprint density at radius 2 is 1.59 bits per heavy atom. The van der Waals surface area contributed by atoms with E-state index in [1.54, 1.807) is 12.1 Å². The zero-order valence-electron chi connectivity index (χ0n) is 14.4. The van der Waals surface area contributed by atoms with Gasteiger partial charge in [0.1, 0.15) is 5.78 Å². The summed E-state index contributed by atoms with van der Waals surface area (Å²) in [6.45, 7) is 0.983. The first kappa shape index (κ1) is 18.4. The molecule has 0 spiro atoms. The molecular weight excluding hydrogens is 352 g/mol. The van der Waals surface area contributed by atoms with Gasteiger partial charge in [-0.05, 0) is 36.8 Å². The van der Waals surface area contributed by atoms with Gasteiger partial charge >= 0.3 is 0 Å². The fraction of sp³-hybridized carbons (Fsp3) is 0.211. The second kappa shape index (κ2) is 7.08. The maximum atomic E-state index is 12.5. The van der Waals surface area contributed by atoms with E-state index < -0.39 is 34.5 Å². The molecule has 2 aromatic rings. The first-order chi connectivity index (χ1) is 12.8. The summed E-state index contributed by atoms with van der Waals surface area (Å²) in [5.41, 5.74) is 0.660. The highest BCUT2D eigenvalue weighted by molar-refractivity contribution is 6.21. The Labute approximate surface area is 154 Å². The minimum Gasteiger partial charge on any atom is -0.388 e. The number of aliphatic hydroxyl groups is 1. The summed E-state index contributed by atoms with van der Waals surface area (Å²) in [5, 5.41) is 21.3. The number of ketones is 1. The van der Waals surface area contributed by atoms with Gasteiger partial charge in [0.2, 0.25) is 0 Å².